The summed E-state index contributed by atoms with van der Waals surface area (Å²) >= 11 is 1.75. The summed E-state index contributed by atoms with van der Waals surface area (Å²) in [5.74, 6) is 0. The fourth-order valence-corrected chi connectivity index (χ4v) is 2.59. The van der Waals surface area contributed by atoms with E-state index in [2.05, 4.69) is 27.9 Å². The minimum Gasteiger partial charge on any atom is -0.328 e. The lowest BCUT2D eigenvalue weighted by Gasteiger charge is -2.15. The van der Waals surface area contributed by atoms with E-state index in [9.17, 15) is 0 Å². The van der Waals surface area contributed by atoms with Gasteiger partial charge in [-0.25, -0.2) is 4.98 Å². The second kappa shape index (κ2) is 3.94. The van der Waals surface area contributed by atoms with Crippen molar-refractivity contribution >= 4 is 11.3 Å². The van der Waals surface area contributed by atoms with Crippen molar-refractivity contribution in [3.63, 3.8) is 0 Å². The van der Waals surface area contributed by atoms with Gasteiger partial charge in [0.2, 0.25) is 0 Å². The molecule has 4 heteroatoms. The first-order valence-corrected chi connectivity index (χ1v) is 5.42. The lowest BCUT2D eigenvalue weighted by Crippen LogP contribution is -2.18. The maximum atomic E-state index is 5.78. The highest BCUT2D eigenvalue weighted by Crippen LogP contribution is 2.25. The van der Waals surface area contributed by atoms with E-state index < -0.39 is 0 Å². The number of imidazole rings is 1. The summed E-state index contributed by atoms with van der Waals surface area (Å²) in [6.45, 7) is 2.73. The molecule has 0 saturated heterocycles. The van der Waals surface area contributed by atoms with Crippen molar-refractivity contribution in [1.82, 2.24) is 9.55 Å². The first kappa shape index (κ1) is 9.43. The SMILES string of the molecule is Cc1ccsc1C(CN)n1ccnc1. The summed E-state index contributed by atoms with van der Waals surface area (Å²) in [5.41, 5.74) is 7.09. The molecular formula is C10H13N3S. The van der Waals surface area contributed by atoms with Gasteiger partial charge in [-0.1, -0.05) is 0 Å². The number of thiophene rings is 1. The summed E-state index contributed by atoms with van der Waals surface area (Å²) in [6.07, 6.45) is 5.55. The fraction of sp³-hybridized carbons (Fsp3) is 0.300. The second-order valence-corrected chi connectivity index (χ2v) is 4.18. The van der Waals surface area contributed by atoms with Gasteiger partial charge in [-0.05, 0) is 23.9 Å². The highest BCUT2D eigenvalue weighted by Gasteiger charge is 2.14. The van der Waals surface area contributed by atoms with E-state index in [0.717, 1.165) is 0 Å². The molecule has 2 aromatic rings. The van der Waals surface area contributed by atoms with E-state index in [0.29, 0.717) is 6.54 Å². The third-order valence-electron chi connectivity index (χ3n) is 2.31. The maximum absolute atomic E-state index is 5.78. The number of nitrogens with two attached hydrogens (primary N) is 1. The Morgan fingerprint density at radius 3 is 3.00 bits per heavy atom. The topological polar surface area (TPSA) is 43.8 Å². The molecule has 0 fully saturated rings. The van der Waals surface area contributed by atoms with Crippen molar-refractivity contribution in [2.45, 2.75) is 13.0 Å². The summed E-state index contributed by atoms with van der Waals surface area (Å²) in [6, 6.07) is 2.36. The molecule has 2 rings (SSSR count). The average Bonchev–Trinajstić information content (AvgIpc) is 2.80. The molecular weight excluding hydrogens is 194 g/mol. The first-order chi connectivity index (χ1) is 6.83. The molecule has 2 heterocycles. The summed E-state index contributed by atoms with van der Waals surface area (Å²) in [7, 11) is 0. The number of aryl methyl sites for hydroxylation is 1. The van der Waals surface area contributed by atoms with Gasteiger partial charge in [0.25, 0.3) is 0 Å². The van der Waals surface area contributed by atoms with Crippen molar-refractivity contribution in [2.24, 2.45) is 5.73 Å². The van der Waals surface area contributed by atoms with E-state index in [1.54, 1.807) is 17.5 Å². The Kier molecular flexibility index (Phi) is 2.65. The van der Waals surface area contributed by atoms with Crippen LogP contribution in [0.3, 0.4) is 0 Å². The summed E-state index contributed by atoms with van der Waals surface area (Å²) in [5, 5.41) is 2.10. The van der Waals surface area contributed by atoms with Crippen LogP contribution in [0, 0.1) is 6.92 Å². The number of aromatic nitrogens is 2. The maximum Gasteiger partial charge on any atom is 0.0952 e. The molecule has 0 spiro atoms. The summed E-state index contributed by atoms with van der Waals surface area (Å²) < 4.78 is 2.05. The van der Waals surface area contributed by atoms with Crippen LogP contribution >= 0.6 is 11.3 Å². The molecule has 0 aliphatic heterocycles. The van der Waals surface area contributed by atoms with Crippen LogP contribution in [0.2, 0.25) is 0 Å². The summed E-state index contributed by atoms with van der Waals surface area (Å²) in [4.78, 5) is 5.37. The lowest BCUT2D eigenvalue weighted by molar-refractivity contribution is 0.601. The van der Waals surface area contributed by atoms with Crippen LogP contribution in [0.5, 0.6) is 0 Å². The quantitative estimate of drug-likeness (QED) is 0.834. The zero-order valence-corrected chi connectivity index (χ0v) is 8.87. The van der Waals surface area contributed by atoms with Crippen molar-refractivity contribution in [1.29, 1.82) is 0 Å². The molecule has 3 nitrogen and oxygen atoms in total. The molecule has 74 valence electrons. The van der Waals surface area contributed by atoms with E-state index in [1.807, 2.05) is 12.5 Å². The highest BCUT2D eigenvalue weighted by molar-refractivity contribution is 7.10. The van der Waals surface area contributed by atoms with E-state index in [1.165, 1.54) is 10.4 Å². The number of hydrogen-bond acceptors (Lipinski definition) is 3. The molecule has 0 aliphatic carbocycles. The van der Waals surface area contributed by atoms with Crippen LogP contribution in [0.15, 0.2) is 30.2 Å². The van der Waals surface area contributed by atoms with Crippen LogP contribution in [-0.4, -0.2) is 16.1 Å². The molecule has 2 aromatic heterocycles. The third-order valence-corrected chi connectivity index (χ3v) is 3.43. The molecule has 0 aromatic carbocycles. The van der Waals surface area contributed by atoms with Crippen LogP contribution in [0.4, 0.5) is 0 Å². The first-order valence-electron chi connectivity index (χ1n) is 4.54. The van der Waals surface area contributed by atoms with Crippen LogP contribution in [0.25, 0.3) is 0 Å². The van der Waals surface area contributed by atoms with E-state index in [4.69, 9.17) is 5.73 Å². The molecule has 0 bridgehead atoms. The Hall–Kier alpha value is -1.13. The van der Waals surface area contributed by atoms with Crippen molar-refractivity contribution in [2.75, 3.05) is 6.54 Å². The largest absolute Gasteiger partial charge is 0.328 e. The van der Waals surface area contributed by atoms with Crippen molar-refractivity contribution in [3.8, 4) is 0 Å². The minimum absolute atomic E-state index is 0.234. The number of nitrogens with zero attached hydrogens (tertiary/aromatic N) is 2. The Labute approximate surface area is 87.2 Å². The zero-order valence-electron chi connectivity index (χ0n) is 8.05. The Morgan fingerprint density at radius 2 is 2.50 bits per heavy atom. The van der Waals surface area contributed by atoms with Gasteiger partial charge in [-0.15, -0.1) is 11.3 Å². The molecule has 2 N–H and O–H groups in total. The molecule has 14 heavy (non-hydrogen) atoms. The highest BCUT2D eigenvalue weighted by atomic mass is 32.1. The Morgan fingerprint density at radius 1 is 1.64 bits per heavy atom. The molecule has 1 atom stereocenters. The Balaban J connectivity index is 2.36. The predicted molar refractivity (Wildman–Crippen MR) is 58.5 cm³/mol. The molecule has 0 aliphatic rings. The monoisotopic (exact) mass is 207 g/mol. The van der Waals surface area contributed by atoms with Gasteiger partial charge >= 0.3 is 0 Å². The van der Waals surface area contributed by atoms with Gasteiger partial charge in [0, 0.05) is 23.8 Å². The number of hydrogen-bond donors (Lipinski definition) is 1. The molecule has 0 radical (unpaired) electrons. The van der Waals surface area contributed by atoms with Crippen LogP contribution in [0.1, 0.15) is 16.5 Å². The van der Waals surface area contributed by atoms with Gasteiger partial charge in [-0.3, -0.25) is 0 Å². The van der Waals surface area contributed by atoms with Gasteiger partial charge in [-0.2, -0.15) is 0 Å². The normalized spacial score (nSPS) is 13.0. The third kappa shape index (κ3) is 1.58. The molecule has 1 unspecified atom stereocenters. The van der Waals surface area contributed by atoms with E-state index >= 15 is 0 Å². The van der Waals surface area contributed by atoms with Crippen LogP contribution < -0.4 is 5.73 Å². The van der Waals surface area contributed by atoms with Gasteiger partial charge in [0.15, 0.2) is 0 Å². The second-order valence-electron chi connectivity index (χ2n) is 3.23. The van der Waals surface area contributed by atoms with Crippen molar-refractivity contribution in [3.05, 3.63) is 40.6 Å². The van der Waals surface area contributed by atoms with E-state index in [-0.39, 0.29) is 6.04 Å². The molecule has 0 saturated carbocycles. The average molecular weight is 207 g/mol. The standard InChI is InChI=1S/C10H13N3S/c1-8-2-5-14-10(8)9(6-11)13-4-3-12-7-13/h2-5,7,9H,6,11H2,1H3. The molecule has 0 amide bonds. The fourth-order valence-electron chi connectivity index (χ4n) is 1.54. The smallest absolute Gasteiger partial charge is 0.0952 e. The van der Waals surface area contributed by atoms with Gasteiger partial charge < -0.3 is 10.3 Å². The number of rotatable bonds is 3. The van der Waals surface area contributed by atoms with Gasteiger partial charge in [0.05, 0.1) is 12.4 Å². The Bertz CT molecular complexity index is 391. The predicted octanol–water partition coefficient (Wildman–Crippen LogP) is 1.80. The van der Waals surface area contributed by atoms with Crippen LogP contribution in [-0.2, 0) is 0 Å². The lowest BCUT2D eigenvalue weighted by atomic mass is 10.1. The van der Waals surface area contributed by atoms with Gasteiger partial charge in [0.1, 0.15) is 0 Å². The van der Waals surface area contributed by atoms with Crippen molar-refractivity contribution < 1.29 is 0 Å². The zero-order chi connectivity index (χ0) is 9.97. The minimum atomic E-state index is 0.234.